The van der Waals surface area contributed by atoms with Gasteiger partial charge in [0.15, 0.2) is 11.6 Å². The Kier molecular flexibility index (Phi) is 9.28. The Morgan fingerprint density at radius 1 is 1.06 bits per heavy atom. The summed E-state index contributed by atoms with van der Waals surface area (Å²) in [6.07, 6.45) is 7.64. The number of aromatic nitrogens is 1. The molecule has 2 aromatic heterocycles. The van der Waals surface area contributed by atoms with E-state index in [1.807, 2.05) is 23.1 Å². The van der Waals surface area contributed by atoms with Gasteiger partial charge in [0.1, 0.15) is 17.1 Å². The molecule has 0 atom stereocenters. The van der Waals surface area contributed by atoms with Crippen molar-refractivity contribution in [3.63, 3.8) is 0 Å². The van der Waals surface area contributed by atoms with E-state index in [9.17, 15) is 18.0 Å². The molecule has 2 aliphatic rings. The summed E-state index contributed by atoms with van der Waals surface area (Å²) in [5.74, 6) is 1.41. The third-order valence-electron chi connectivity index (χ3n) is 9.33. The third kappa shape index (κ3) is 6.41. The summed E-state index contributed by atoms with van der Waals surface area (Å²) < 4.78 is 40.7. The lowest BCUT2D eigenvalue weighted by molar-refractivity contribution is -0.131. The quantitative estimate of drug-likeness (QED) is 0.174. The van der Waals surface area contributed by atoms with Crippen LogP contribution in [0.2, 0.25) is 0 Å². The number of carbonyl (C=O) groups is 2. The van der Waals surface area contributed by atoms with Crippen molar-refractivity contribution in [1.82, 2.24) is 15.0 Å². The van der Waals surface area contributed by atoms with Gasteiger partial charge in [0.25, 0.3) is 21.8 Å². The lowest BCUT2D eigenvalue weighted by Gasteiger charge is -2.24. The summed E-state index contributed by atoms with van der Waals surface area (Å²) in [5.41, 5.74) is 2.59. The monoisotopic (exact) mass is 671 g/mol. The molecular weight excluding hydrogens is 630 g/mol. The van der Waals surface area contributed by atoms with Gasteiger partial charge in [-0.3, -0.25) is 24.2 Å². The summed E-state index contributed by atoms with van der Waals surface area (Å²) in [5, 5.41) is 3.89. The van der Waals surface area contributed by atoms with Crippen molar-refractivity contribution >= 4 is 33.5 Å². The first kappa shape index (κ1) is 33.2. The lowest BCUT2D eigenvalue weighted by Crippen LogP contribution is -2.40. The Hall–Kier alpha value is -4.71. The molecule has 3 heterocycles. The molecule has 6 rings (SSSR count). The molecule has 0 saturated heterocycles. The number of carbonyl (C=O) groups excluding carboxylic acids is 2. The number of anilines is 1. The van der Waals surface area contributed by atoms with Gasteiger partial charge in [-0.2, -0.15) is 0 Å². The van der Waals surface area contributed by atoms with Crippen LogP contribution < -0.4 is 4.72 Å². The molecule has 2 amide bonds. The van der Waals surface area contributed by atoms with Gasteiger partial charge in [-0.05, 0) is 68.0 Å². The molecule has 1 aliphatic carbocycles. The molecule has 0 bridgehead atoms. The topological polar surface area (TPSA) is 138 Å². The minimum Gasteiger partial charge on any atom is -0.459 e. The van der Waals surface area contributed by atoms with Gasteiger partial charge in [-0.25, -0.2) is 8.42 Å². The molecule has 1 aliphatic heterocycles. The van der Waals surface area contributed by atoms with Crippen LogP contribution in [0.1, 0.15) is 84.9 Å². The SMILES string of the molecule is CCCCC1=NC2(CCCC2)C(=O)N1Cc1ccc(-c2ccccc2S(=O)(=O)Nc2noc(C)c2C)c(CN(C)C(=O)c2ccco2)c1. The Balaban J connectivity index is 1.39. The number of hydrogen-bond acceptors (Lipinski definition) is 8. The van der Waals surface area contributed by atoms with Crippen molar-refractivity contribution in [1.29, 1.82) is 0 Å². The molecule has 1 spiro atoms. The predicted octanol–water partition coefficient (Wildman–Crippen LogP) is 6.87. The number of aryl methyl sites for hydroxylation is 1. The highest BCUT2D eigenvalue weighted by molar-refractivity contribution is 7.92. The molecule has 1 saturated carbocycles. The van der Waals surface area contributed by atoms with Crippen molar-refractivity contribution in [3.8, 4) is 11.1 Å². The number of furan rings is 1. The van der Waals surface area contributed by atoms with Crippen LogP contribution in [-0.2, 0) is 27.9 Å². The average molecular weight is 672 g/mol. The molecule has 1 fully saturated rings. The van der Waals surface area contributed by atoms with Gasteiger partial charge in [0.2, 0.25) is 0 Å². The maximum atomic E-state index is 13.9. The number of hydrogen-bond donors (Lipinski definition) is 1. The fourth-order valence-corrected chi connectivity index (χ4v) is 7.83. The average Bonchev–Trinajstić information content (AvgIpc) is 3.89. The van der Waals surface area contributed by atoms with Crippen molar-refractivity contribution in [2.45, 2.75) is 89.2 Å². The Labute approximate surface area is 281 Å². The van der Waals surface area contributed by atoms with E-state index in [0.29, 0.717) is 34.6 Å². The number of unbranched alkanes of at least 4 members (excludes halogenated alkanes) is 1. The number of nitrogens with one attached hydrogen (secondary N) is 1. The molecule has 0 radical (unpaired) electrons. The highest BCUT2D eigenvalue weighted by Crippen LogP contribution is 2.40. The first-order chi connectivity index (χ1) is 23.0. The van der Waals surface area contributed by atoms with Crippen molar-refractivity contribution in [2.24, 2.45) is 4.99 Å². The van der Waals surface area contributed by atoms with Crippen LogP contribution in [0, 0.1) is 13.8 Å². The maximum Gasteiger partial charge on any atom is 0.289 e. The van der Waals surface area contributed by atoms with E-state index in [4.69, 9.17) is 13.9 Å². The van der Waals surface area contributed by atoms with Gasteiger partial charge < -0.3 is 13.8 Å². The number of benzene rings is 2. The van der Waals surface area contributed by atoms with Crippen LogP contribution in [-0.4, -0.2) is 53.6 Å². The standard InChI is InChI=1S/C36H41N5O6S/c1-5-6-15-32-37-36(18-9-10-19-36)35(43)41(32)22-26-16-17-28(27(21-26)23-40(4)34(42)30-13-11-20-46-30)29-12-7-8-14-31(29)48(44,45)39-33-24(2)25(3)47-38-33/h7-8,11-14,16-17,20-21H,5-6,9-10,15,18-19,22-23H2,1-4H3,(H,38,39). The summed E-state index contributed by atoms with van der Waals surface area (Å²) >= 11 is 0. The maximum absolute atomic E-state index is 13.9. The first-order valence-corrected chi connectivity index (χ1v) is 17.9. The zero-order valence-corrected chi connectivity index (χ0v) is 28.6. The molecular formula is C36H41N5O6S. The van der Waals surface area contributed by atoms with E-state index in [1.165, 1.54) is 17.2 Å². The molecule has 48 heavy (non-hydrogen) atoms. The molecule has 1 N–H and O–H groups in total. The van der Waals surface area contributed by atoms with E-state index in [2.05, 4.69) is 16.8 Å². The van der Waals surface area contributed by atoms with E-state index < -0.39 is 15.6 Å². The summed E-state index contributed by atoms with van der Waals surface area (Å²) in [6, 6.07) is 15.7. The fraction of sp³-hybridized carbons (Fsp3) is 0.389. The number of amidine groups is 1. The predicted molar refractivity (Wildman–Crippen MR) is 182 cm³/mol. The summed E-state index contributed by atoms with van der Waals surface area (Å²) in [7, 11) is -2.43. The van der Waals surface area contributed by atoms with Crippen LogP contribution in [0.25, 0.3) is 11.1 Å². The van der Waals surface area contributed by atoms with Crippen molar-refractivity contribution < 1.29 is 26.9 Å². The Bertz CT molecular complexity index is 1960. The summed E-state index contributed by atoms with van der Waals surface area (Å²) in [6.45, 7) is 6.06. The van der Waals surface area contributed by atoms with Crippen LogP contribution in [0.15, 0.2) is 79.7 Å². The first-order valence-electron chi connectivity index (χ1n) is 16.4. The Morgan fingerprint density at radius 2 is 1.83 bits per heavy atom. The molecule has 252 valence electrons. The molecule has 11 nitrogen and oxygen atoms in total. The van der Waals surface area contributed by atoms with Crippen LogP contribution >= 0.6 is 0 Å². The second-order valence-corrected chi connectivity index (χ2v) is 14.4. The van der Waals surface area contributed by atoms with Gasteiger partial charge in [0, 0.05) is 31.1 Å². The van der Waals surface area contributed by atoms with Crippen LogP contribution in [0.4, 0.5) is 5.82 Å². The molecule has 4 aromatic rings. The summed E-state index contributed by atoms with van der Waals surface area (Å²) in [4.78, 5) is 35.6. The Morgan fingerprint density at radius 3 is 2.52 bits per heavy atom. The van der Waals surface area contributed by atoms with Crippen LogP contribution in [0.5, 0.6) is 0 Å². The normalized spacial score (nSPS) is 15.7. The third-order valence-corrected chi connectivity index (χ3v) is 10.7. The fourth-order valence-electron chi connectivity index (χ4n) is 6.55. The van der Waals surface area contributed by atoms with Crippen molar-refractivity contribution in [2.75, 3.05) is 11.8 Å². The highest BCUT2D eigenvalue weighted by Gasteiger charge is 2.49. The van der Waals surface area contributed by atoms with E-state index in [-0.39, 0.29) is 34.8 Å². The zero-order valence-electron chi connectivity index (χ0n) is 27.8. The number of rotatable bonds is 12. The number of sulfonamides is 1. The lowest BCUT2D eigenvalue weighted by atomic mass is 9.96. The highest BCUT2D eigenvalue weighted by atomic mass is 32.2. The molecule has 0 unspecified atom stereocenters. The van der Waals surface area contributed by atoms with E-state index >= 15 is 0 Å². The van der Waals surface area contributed by atoms with Crippen molar-refractivity contribution in [3.05, 3.63) is 89.1 Å². The van der Waals surface area contributed by atoms with Gasteiger partial charge in [-0.15, -0.1) is 0 Å². The zero-order chi connectivity index (χ0) is 34.1. The minimum atomic E-state index is -4.10. The molecule has 2 aromatic carbocycles. The largest absolute Gasteiger partial charge is 0.459 e. The van der Waals surface area contributed by atoms with Crippen LogP contribution in [0.3, 0.4) is 0 Å². The molecule has 12 heteroatoms. The van der Waals surface area contributed by atoms with E-state index in [1.54, 1.807) is 51.2 Å². The number of aliphatic imine (C=N–C) groups is 1. The second-order valence-electron chi connectivity index (χ2n) is 12.7. The minimum absolute atomic E-state index is 0.0472. The van der Waals surface area contributed by atoms with Gasteiger partial charge >= 0.3 is 0 Å². The smallest absolute Gasteiger partial charge is 0.289 e. The second kappa shape index (κ2) is 13.4. The van der Waals surface area contributed by atoms with E-state index in [0.717, 1.165) is 56.3 Å². The number of amides is 2. The van der Waals surface area contributed by atoms with Gasteiger partial charge in [-0.1, -0.05) is 67.7 Å². The van der Waals surface area contributed by atoms with Gasteiger partial charge in [0.05, 0.1) is 17.7 Å². The number of nitrogens with zero attached hydrogens (tertiary/aromatic N) is 4.